The average Bonchev–Trinajstić information content (AvgIpc) is 2.58. The van der Waals surface area contributed by atoms with Gasteiger partial charge in [0, 0.05) is 11.4 Å². The lowest BCUT2D eigenvalue weighted by Crippen LogP contribution is -2.46. The van der Waals surface area contributed by atoms with Crippen LogP contribution in [-0.4, -0.2) is 48.8 Å². The van der Waals surface area contributed by atoms with Gasteiger partial charge in [-0.3, -0.25) is 4.90 Å². The maximum atomic E-state index is 2.66. The van der Waals surface area contributed by atoms with Gasteiger partial charge in [-0.1, -0.05) is 19.1 Å². The molecule has 0 N–H and O–H groups in total. The van der Waals surface area contributed by atoms with Crippen molar-refractivity contribution in [2.45, 2.75) is 44.0 Å². The van der Waals surface area contributed by atoms with E-state index in [0.29, 0.717) is 5.41 Å². The van der Waals surface area contributed by atoms with Gasteiger partial charge in [0.15, 0.2) is 0 Å². The van der Waals surface area contributed by atoms with Crippen molar-refractivity contribution in [2.75, 3.05) is 39.0 Å². The number of piperidine rings is 2. The standard InChI is InChI=1S/C19H30N2S/c1-3-20-11-7-19(8-12-20)9-13-21(14-10-19)16-17-5-4-6-18(15-17)22-2/h4-6,15H,3,7-14,16H2,1-2H3. The molecule has 0 aliphatic carbocycles. The molecule has 2 heterocycles. The molecule has 2 aliphatic heterocycles. The first-order valence-electron chi connectivity index (χ1n) is 8.81. The fraction of sp³-hybridized carbons (Fsp3) is 0.684. The molecule has 1 aromatic carbocycles. The number of hydrogen-bond acceptors (Lipinski definition) is 3. The number of nitrogens with zero attached hydrogens (tertiary/aromatic N) is 2. The van der Waals surface area contributed by atoms with Gasteiger partial charge in [-0.05, 0) is 87.8 Å². The summed E-state index contributed by atoms with van der Waals surface area (Å²) in [7, 11) is 0. The van der Waals surface area contributed by atoms with E-state index in [1.165, 1.54) is 68.9 Å². The molecule has 122 valence electrons. The van der Waals surface area contributed by atoms with Gasteiger partial charge in [0.2, 0.25) is 0 Å². The molecule has 0 saturated carbocycles. The van der Waals surface area contributed by atoms with Crippen LogP contribution in [0.1, 0.15) is 38.2 Å². The molecule has 2 fully saturated rings. The molecule has 2 aliphatic rings. The van der Waals surface area contributed by atoms with E-state index in [4.69, 9.17) is 0 Å². The minimum atomic E-state index is 0.670. The summed E-state index contributed by atoms with van der Waals surface area (Å²) < 4.78 is 0. The summed E-state index contributed by atoms with van der Waals surface area (Å²) in [5.41, 5.74) is 2.15. The Morgan fingerprint density at radius 2 is 1.64 bits per heavy atom. The Labute approximate surface area is 140 Å². The number of likely N-dealkylation sites (tertiary alicyclic amines) is 2. The van der Waals surface area contributed by atoms with Gasteiger partial charge in [-0.15, -0.1) is 11.8 Å². The van der Waals surface area contributed by atoms with Crippen LogP contribution in [0.25, 0.3) is 0 Å². The molecule has 22 heavy (non-hydrogen) atoms. The zero-order valence-electron chi connectivity index (χ0n) is 14.2. The molecule has 0 amide bonds. The predicted octanol–water partition coefficient (Wildman–Crippen LogP) is 4.11. The van der Waals surface area contributed by atoms with Crippen molar-refractivity contribution < 1.29 is 0 Å². The second kappa shape index (κ2) is 7.37. The van der Waals surface area contributed by atoms with Gasteiger partial charge < -0.3 is 4.90 Å². The molecule has 0 bridgehead atoms. The molecule has 2 nitrogen and oxygen atoms in total. The van der Waals surface area contributed by atoms with Crippen molar-refractivity contribution in [2.24, 2.45) is 5.41 Å². The number of hydrogen-bond donors (Lipinski definition) is 0. The molecular weight excluding hydrogens is 288 g/mol. The lowest BCUT2D eigenvalue weighted by molar-refractivity contribution is 0.0340. The van der Waals surface area contributed by atoms with Crippen molar-refractivity contribution in [1.82, 2.24) is 9.80 Å². The van der Waals surface area contributed by atoms with E-state index in [9.17, 15) is 0 Å². The minimum Gasteiger partial charge on any atom is -0.304 e. The summed E-state index contributed by atoms with van der Waals surface area (Å²) in [5.74, 6) is 0. The number of thioether (sulfide) groups is 1. The first kappa shape index (κ1) is 16.4. The van der Waals surface area contributed by atoms with Crippen LogP contribution in [0.4, 0.5) is 0 Å². The van der Waals surface area contributed by atoms with Gasteiger partial charge in [-0.2, -0.15) is 0 Å². The van der Waals surface area contributed by atoms with Crippen LogP contribution in [-0.2, 0) is 6.54 Å². The Balaban J connectivity index is 1.51. The van der Waals surface area contributed by atoms with Crippen LogP contribution < -0.4 is 0 Å². The third kappa shape index (κ3) is 3.87. The van der Waals surface area contributed by atoms with Gasteiger partial charge in [0.25, 0.3) is 0 Å². The van der Waals surface area contributed by atoms with Crippen molar-refractivity contribution in [3.63, 3.8) is 0 Å². The second-order valence-electron chi connectivity index (χ2n) is 7.06. The van der Waals surface area contributed by atoms with E-state index in [-0.39, 0.29) is 0 Å². The first-order chi connectivity index (χ1) is 10.7. The van der Waals surface area contributed by atoms with Gasteiger partial charge in [-0.25, -0.2) is 0 Å². The normalized spacial score (nSPS) is 23.0. The molecule has 3 rings (SSSR count). The van der Waals surface area contributed by atoms with Crippen molar-refractivity contribution in [3.05, 3.63) is 29.8 Å². The van der Waals surface area contributed by atoms with E-state index < -0.39 is 0 Å². The van der Waals surface area contributed by atoms with Crippen LogP contribution in [0.15, 0.2) is 29.2 Å². The fourth-order valence-corrected chi connectivity index (χ4v) is 4.54. The summed E-state index contributed by atoms with van der Waals surface area (Å²) in [6, 6.07) is 9.05. The van der Waals surface area contributed by atoms with E-state index in [0.717, 1.165) is 6.54 Å². The van der Waals surface area contributed by atoms with Gasteiger partial charge in [0.05, 0.1) is 0 Å². The summed E-state index contributed by atoms with van der Waals surface area (Å²) >= 11 is 1.84. The minimum absolute atomic E-state index is 0.670. The Hall–Kier alpha value is -0.510. The van der Waals surface area contributed by atoms with Crippen molar-refractivity contribution >= 4 is 11.8 Å². The molecule has 2 saturated heterocycles. The van der Waals surface area contributed by atoms with Gasteiger partial charge in [0.1, 0.15) is 0 Å². The zero-order valence-corrected chi connectivity index (χ0v) is 15.0. The van der Waals surface area contributed by atoms with Crippen LogP contribution in [0.2, 0.25) is 0 Å². The molecule has 0 aromatic heterocycles. The van der Waals surface area contributed by atoms with E-state index in [2.05, 4.69) is 47.2 Å². The third-order valence-electron chi connectivity index (χ3n) is 5.82. The maximum absolute atomic E-state index is 2.66. The second-order valence-corrected chi connectivity index (χ2v) is 7.94. The molecule has 0 atom stereocenters. The highest BCUT2D eigenvalue weighted by Gasteiger charge is 2.36. The topological polar surface area (TPSA) is 6.48 Å². The van der Waals surface area contributed by atoms with Crippen LogP contribution >= 0.6 is 11.8 Å². The molecule has 0 radical (unpaired) electrons. The fourth-order valence-electron chi connectivity index (χ4n) is 4.06. The van der Waals surface area contributed by atoms with Crippen LogP contribution in [0.3, 0.4) is 0 Å². The van der Waals surface area contributed by atoms with Crippen molar-refractivity contribution in [1.29, 1.82) is 0 Å². The lowest BCUT2D eigenvalue weighted by Gasteiger charge is -2.46. The number of rotatable bonds is 4. The molecule has 3 heteroatoms. The summed E-state index contributed by atoms with van der Waals surface area (Å²) in [6.07, 6.45) is 7.83. The average molecular weight is 319 g/mol. The highest BCUT2D eigenvalue weighted by atomic mass is 32.2. The maximum Gasteiger partial charge on any atom is 0.0234 e. The van der Waals surface area contributed by atoms with E-state index >= 15 is 0 Å². The quantitative estimate of drug-likeness (QED) is 0.772. The highest BCUT2D eigenvalue weighted by Crippen LogP contribution is 2.41. The largest absolute Gasteiger partial charge is 0.304 e. The lowest BCUT2D eigenvalue weighted by atomic mass is 9.71. The number of benzene rings is 1. The Morgan fingerprint density at radius 1 is 1.00 bits per heavy atom. The van der Waals surface area contributed by atoms with E-state index in [1.807, 2.05) is 11.8 Å². The SMILES string of the molecule is CCN1CCC2(CC1)CCN(Cc1cccc(SC)c1)CC2. The summed E-state index contributed by atoms with van der Waals surface area (Å²) in [5, 5.41) is 0. The summed E-state index contributed by atoms with van der Waals surface area (Å²) in [6.45, 7) is 9.88. The third-order valence-corrected chi connectivity index (χ3v) is 6.55. The van der Waals surface area contributed by atoms with E-state index in [1.54, 1.807) is 0 Å². The van der Waals surface area contributed by atoms with Crippen LogP contribution in [0.5, 0.6) is 0 Å². The first-order valence-corrected chi connectivity index (χ1v) is 10.0. The smallest absolute Gasteiger partial charge is 0.0234 e. The monoisotopic (exact) mass is 318 g/mol. The summed E-state index contributed by atoms with van der Waals surface area (Å²) in [4.78, 5) is 6.67. The Bertz CT molecular complexity index is 470. The Morgan fingerprint density at radius 3 is 2.23 bits per heavy atom. The molecule has 1 spiro atoms. The van der Waals surface area contributed by atoms with Crippen LogP contribution in [0, 0.1) is 5.41 Å². The molecule has 0 unspecified atom stereocenters. The molecular formula is C19H30N2S. The molecule has 1 aromatic rings. The zero-order chi connectivity index (χ0) is 15.4. The highest BCUT2D eigenvalue weighted by molar-refractivity contribution is 7.98. The van der Waals surface area contributed by atoms with Crippen molar-refractivity contribution in [3.8, 4) is 0 Å². The predicted molar refractivity (Wildman–Crippen MR) is 96.5 cm³/mol. The Kier molecular flexibility index (Phi) is 5.48. The van der Waals surface area contributed by atoms with Gasteiger partial charge >= 0.3 is 0 Å².